The second-order valence-electron chi connectivity index (χ2n) is 5.47. The van der Waals surface area contributed by atoms with E-state index in [2.05, 4.69) is 30.4 Å². The number of rotatable bonds is 4. The average Bonchev–Trinajstić information content (AvgIpc) is 2.75. The van der Waals surface area contributed by atoms with Crippen LogP contribution in [0.3, 0.4) is 0 Å². The SMILES string of the molecule is CCNC1CCC(Sc2ccc3c(c2)OCCCO3)C1. The van der Waals surface area contributed by atoms with Gasteiger partial charge in [-0.1, -0.05) is 6.92 Å². The van der Waals surface area contributed by atoms with Crippen molar-refractivity contribution in [1.29, 1.82) is 0 Å². The number of thioether (sulfide) groups is 1. The number of fused-ring (bicyclic) bond motifs is 1. The van der Waals surface area contributed by atoms with Crippen LogP contribution in [0.5, 0.6) is 11.5 Å². The van der Waals surface area contributed by atoms with E-state index in [0.29, 0.717) is 6.04 Å². The first-order chi connectivity index (χ1) is 9.85. The highest BCUT2D eigenvalue weighted by molar-refractivity contribution is 8.00. The van der Waals surface area contributed by atoms with Gasteiger partial charge in [0, 0.05) is 22.6 Å². The summed E-state index contributed by atoms with van der Waals surface area (Å²) in [7, 11) is 0. The molecule has 0 amide bonds. The Morgan fingerprint density at radius 3 is 2.90 bits per heavy atom. The van der Waals surface area contributed by atoms with E-state index in [1.54, 1.807) is 0 Å². The molecule has 2 atom stereocenters. The summed E-state index contributed by atoms with van der Waals surface area (Å²) in [6, 6.07) is 7.07. The predicted molar refractivity (Wildman–Crippen MR) is 83.0 cm³/mol. The lowest BCUT2D eigenvalue weighted by molar-refractivity contribution is 0.297. The molecule has 1 heterocycles. The number of ether oxygens (including phenoxy) is 2. The zero-order valence-electron chi connectivity index (χ0n) is 12.1. The van der Waals surface area contributed by atoms with Crippen molar-refractivity contribution >= 4 is 11.8 Å². The van der Waals surface area contributed by atoms with Crippen molar-refractivity contribution in [2.45, 2.75) is 48.8 Å². The third-order valence-electron chi connectivity index (χ3n) is 3.90. The Hall–Kier alpha value is -0.870. The van der Waals surface area contributed by atoms with Gasteiger partial charge in [-0.3, -0.25) is 0 Å². The molecule has 1 fully saturated rings. The predicted octanol–water partition coefficient (Wildman–Crippen LogP) is 3.47. The lowest BCUT2D eigenvalue weighted by atomic mass is 10.2. The van der Waals surface area contributed by atoms with E-state index < -0.39 is 0 Å². The summed E-state index contributed by atoms with van der Waals surface area (Å²) in [5.74, 6) is 1.80. The summed E-state index contributed by atoms with van der Waals surface area (Å²) >= 11 is 1.98. The van der Waals surface area contributed by atoms with E-state index in [-0.39, 0.29) is 0 Å². The molecule has 2 unspecified atom stereocenters. The van der Waals surface area contributed by atoms with E-state index in [0.717, 1.165) is 42.9 Å². The maximum atomic E-state index is 5.76. The van der Waals surface area contributed by atoms with Gasteiger partial charge in [-0.25, -0.2) is 0 Å². The Morgan fingerprint density at radius 2 is 2.05 bits per heavy atom. The normalized spacial score (nSPS) is 25.4. The zero-order chi connectivity index (χ0) is 13.8. The lowest BCUT2D eigenvalue weighted by Crippen LogP contribution is -2.26. The molecular formula is C16H23NO2S. The minimum atomic E-state index is 0.706. The molecule has 110 valence electrons. The van der Waals surface area contributed by atoms with Crippen LogP contribution in [-0.2, 0) is 0 Å². The molecule has 2 aliphatic rings. The first-order valence-electron chi connectivity index (χ1n) is 7.65. The summed E-state index contributed by atoms with van der Waals surface area (Å²) in [6.07, 6.45) is 4.84. The van der Waals surface area contributed by atoms with Crippen LogP contribution < -0.4 is 14.8 Å². The molecule has 1 aliphatic carbocycles. The largest absolute Gasteiger partial charge is 0.490 e. The van der Waals surface area contributed by atoms with Gasteiger partial charge in [0.15, 0.2) is 11.5 Å². The Labute approximate surface area is 125 Å². The van der Waals surface area contributed by atoms with E-state index in [9.17, 15) is 0 Å². The van der Waals surface area contributed by atoms with Crippen LogP contribution in [0.15, 0.2) is 23.1 Å². The van der Waals surface area contributed by atoms with Gasteiger partial charge in [0.1, 0.15) is 0 Å². The number of benzene rings is 1. The average molecular weight is 293 g/mol. The van der Waals surface area contributed by atoms with Crippen molar-refractivity contribution in [3.8, 4) is 11.5 Å². The highest BCUT2D eigenvalue weighted by Gasteiger charge is 2.25. The Kier molecular flexibility index (Phi) is 4.73. The Bertz CT molecular complexity index is 452. The maximum absolute atomic E-state index is 5.76. The fourth-order valence-corrected chi connectivity index (χ4v) is 4.22. The quantitative estimate of drug-likeness (QED) is 0.921. The fraction of sp³-hybridized carbons (Fsp3) is 0.625. The monoisotopic (exact) mass is 293 g/mol. The maximum Gasteiger partial charge on any atom is 0.162 e. The van der Waals surface area contributed by atoms with Crippen LogP contribution in [0, 0.1) is 0 Å². The van der Waals surface area contributed by atoms with Gasteiger partial charge in [-0.15, -0.1) is 11.8 Å². The number of nitrogens with one attached hydrogen (secondary N) is 1. The second kappa shape index (κ2) is 6.72. The Balaban J connectivity index is 1.62. The molecule has 1 aromatic rings. The van der Waals surface area contributed by atoms with Crippen molar-refractivity contribution in [2.75, 3.05) is 19.8 Å². The van der Waals surface area contributed by atoms with Crippen molar-refractivity contribution in [2.24, 2.45) is 0 Å². The van der Waals surface area contributed by atoms with Gasteiger partial charge in [0.05, 0.1) is 13.2 Å². The summed E-state index contributed by atoms with van der Waals surface area (Å²) in [5.41, 5.74) is 0. The van der Waals surface area contributed by atoms with Crippen molar-refractivity contribution in [3.05, 3.63) is 18.2 Å². The molecule has 3 rings (SSSR count). The molecule has 1 saturated carbocycles. The second-order valence-corrected chi connectivity index (χ2v) is 6.84. The third-order valence-corrected chi connectivity index (χ3v) is 5.19. The standard InChI is InChI=1S/C16H23NO2S/c1-2-17-12-4-5-13(10-12)20-14-6-7-15-16(11-14)19-9-3-8-18-15/h6-7,11-13,17H,2-5,8-10H2,1H3. The highest BCUT2D eigenvalue weighted by Crippen LogP contribution is 2.39. The Morgan fingerprint density at radius 1 is 1.20 bits per heavy atom. The molecule has 20 heavy (non-hydrogen) atoms. The first kappa shape index (κ1) is 14.1. The minimum Gasteiger partial charge on any atom is -0.490 e. The fourth-order valence-electron chi connectivity index (χ4n) is 2.93. The number of hydrogen-bond acceptors (Lipinski definition) is 4. The molecule has 1 aromatic carbocycles. The van der Waals surface area contributed by atoms with E-state index in [4.69, 9.17) is 9.47 Å². The molecule has 1 aliphatic heterocycles. The molecule has 1 N–H and O–H groups in total. The van der Waals surface area contributed by atoms with Crippen LogP contribution in [-0.4, -0.2) is 31.1 Å². The van der Waals surface area contributed by atoms with Crippen LogP contribution >= 0.6 is 11.8 Å². The van der Waals surface area contributed by atoms with Gasteiger partial charge >= 0.3 is 0 Å². The highest BCUT2D eigenvalue weighted by atomic mass is 32.2. The smallest absolute Gasteiger partial charge is 0.162 e. The zero-order valence-corrected chi connectivity index (χ0v) is 12.9. The van der Waals surface area contributed by atoms with Gasteiger partial charge in [-0.2, -0.15) is 0 Å². The molecule has 3 nitrogen and oxygen atoms in total. The van der Waals surface area contributed by atoms with Gasteiger partial charge in [0.2, 0.25) is 0 Å². The van der Waals surface area contributed by atoms with E-state index >= 15 is 0 Å². The molecule has 0 spiro atoms. The van der Waals surface area contributed by atoms with Crippen molar-refractivity contribution in [3.63, 3.8) is 0 Å². The number of hydrogen-bond donors (Lipinski definition) is 1. The van der Waals surface area contributed by atoms with Crippen LogP contribution in [0.25, 0.3) is 0 Å². The molecule has 0 aromatic heterocycles. The molecule has 4 heteroatoms. The topological polar surface area (TPSA) is 30.5 Å². The molecule has 0 saturated heterocycles. The summed E-state index contributed by atoms with van der Waals surface area (Å²) in [5, 5.41) is 4.29. The van der Waals surface area contributed by atoms with E-state index in [1.807, 2.05) is 11.8 Å². The first-order valence-corrected chi connectivity index (χ1v) is 8.53. The van der Waals surface area contributed by atoms with Crippen LogP contribution in [0.2, 0.25) is 0 Å². The molecule has 0 radical (unpaired) electrons. The van der Waals surface area contributed by atoms with Gasteiger partial charge < -0.3 is 14.8 Å². The minimum absolute atomic E-state index is 0.706. The molecular weight excluding hydrogens is 270 g/mol. The van der Waals surface area contributed by atoms with Crippen molar-refractivity contribution in [1.82, 2.24) is 5.32 Å². The van der Waals surface area contributed by atoms with Crippen LogP contribution in [0.4, 0.5) is 0 Å². The third kappa shape index (κ3) is 3.41. The van der Waals surface area contributed by atoms with Gasteiger partial charge in [0.25, 0.3) is 0 Å². The summed E-state index contributed by atoms with van der Waals surface area (Å²) < 4.78 is 11.4. The summed E-state index contributed by atoms with van der Waals surface area (Å²) in [6.45, 7) is 4.77. The molecule has 0 bridgehead atoms. The van der Waals surface area contributed by atoms with E-state index in [1.165, 1.54) is 24.2 Å². The lowest BCUT2D eigenvalue weighted by Gasteiger charge is -2.13. The van der Waals surface area contributed by atoms with Gasteiger partial charge in [-0.05, 0) is 44.0 Å². The van der Waals surface area contributed by atoms with Crippen LogP contribution in [0.1, 0.15) is 32.6 Å². The van der Waals surface area contributed by atoms with Crippen molar-refractivity contribution < 1.29 is 9.47 Å². The summed E-state index contributed by atoms with van der Waals surface area (Å²) in [4.78, 5) is 1.30.